The van der Waals surface area contributed by atoms with Crippen LogP contribution in [-0.4, -0.2) is 48.2 Å². The first-order chi connectivity index (χ1) is 21.1. The lowest BCUT2D eigenvalue weighted by Gasteiger charge is -2.19. The molecule has 10 nitrogen and oxygen atoms in total. The lowest BCUT2D eigenvalue weighted by Crippen LogP contribution is -2.28. The molecule has 2 N–H and O–H groups in total. The van der Waals surface area contributed by atoms with Gasteiger partial charge in [0.2, 0.25) is 5.91 Å². The first-order valence-electron chi connectivity index (χ1n) is 13.6. The molecule has 4 heterocycles. The quantitative estimate of drug-likeness (QED) is 0.256. The highest BCUT2D eigenvalue weighted by Crippen LogP contribution is 2.38. The molecule has 1 saturated heterocycles. The maximum Gasteiger partial charge on any atom is 0.276 e. The van der Waals surface area contributed by atoms with Gasteiger partial charge in [-0.15, -0.1) is 0 Å². The highest BCUT2D eigenvalue weighted by Gasteiger charge is 2.43. The van der Waals surface area contributed by atoms with Gasteiger partial charge in [0.25, 0.3) is 12.3 Å². The van der Waals surface area contributed by atoms with Crippen LogP contribution in [-0.2, 0) is 11.4 Å². The molecule has 3 aromatic heterocycles. The van der Waals surface area contributed by atoms with Gasteiger partial charge < -0.3 is 10.4 Å². The van der Waals surface area contributed by atoms with Gasteiger partial charge in [0.1, 0.15) is 5.82 Å². The second-order valence-electron chi connectivity index (χ2n) is 10.6. The van der Waals surface area contributed by atoms with Crippen LogP contribution in [0.15, 0.2) is 55.1 Å². The van der Waals surface area contributed by atoms with Gasteiger partial charge in [0.15, 0.2) is 11.5 Å². The number of carbonyl (C=O) groups excluding carboxylic acids is 2. The average molecular weight is 624 g/mol. The number of aliphatic hydroxyl groups is 1. The Morgan fingerprint density at radius 3 is 2.64 bits per heavy atom. The Balaban J connectivity index is 1.22. The van der Waals surface area contributed by atoms with Crippen molar-refractivity contribution in [2.45, 2.75) is 32.9 Å². The van der Waals surface area contributed by atoms with Crippen molar-refractivity contribution in [3.05, 3.63) is 94.1 Å². The van der Waals surface area contributed by atoms with E-state index in [4.69, 9.17) is 11.6 Å². The van der Waals surface area contributed by atoms with Gasteiger partial charge in [-0.2, -0.15) is 5.10 Å². The van der Waals surface area contributed by atoms with Crippen molar-refractivity contribution >= 4 is 34.9 Å². The third-order valence-corrected chi connectivity index (χ3v) is 8.16. The summed E-state index contributed by atoms with van der Waals surface area (Å²) in [5.74, 6) is -1.12. The number of fused-ring (bicyclic) bond motifs is 1. The van der Waals surface area contributed by atoms with Crippen molar-refractivity contribution in [3.8, 4) is 11.3 Å². The number of aliphatic hydroxyl groups excluding tert-OH is 1. The topological polar surface area (TPSA) is 126 Å². The van der Waals surface area contributed by atoms with Crippen molar-refractivity contribution < 1.29 is 27.9 Å². The molecule has 0 bridgehead atoms. The summed E-state index contributed by atoms with van der Waals surface area (Å²) in [7, 11) is 0. The number of aromatic nitrogens is 5. The normalized spacial score (nSPS) is 18.0. The molecule has 0 spiro atoms. The molecule has 44 heavy (non-hydrogen) atoms. The number of amides is 2. The molecule has 1 aliphatic carbocycles. The Morgan fingerprint density at radius 2 is 2.00 bits per heavy atom. The maximum atomic E-state index is 14.8. The number of halogens is 4. The summed E-state index contributed by atoms with van der Waals surface area (Å²) in [6, 6.07) is 3.61. The monoisotopic (exact) mass is 623 g/mol. The van der Waals surface area contributed by atoms with Crippen LogP contribution in [0.3, 0.4) is 0 Å². The molecule has 6 rings (SSSR count). The third-order valence-electron chi connectivity index (χ3n) is 7.87. The minimum Gasteiger partial charge on any atom is -0.390 e. The van der Waals surface area contributed by atoms with Crippen molar-refractivity contribution in [2.24, 2.45) is 11.8 Å². The number of carbonyl (C=O) groups is 2. The van der Waals surface area contributed by atoms with E-state index < -0.39 is 40.9 Å². The van der Waals surface area contributed by atoms with E-state index in [1.54, 1.807) is 22.0 Å². The number of aryl methyl sites for hydroxylation is 1. The van der Waals surface area contributed by atoms with E-state index in [1.165, 1.54) is 6.20 Å². The van der Waals surface area contributed by atoms with Crippen molar-refractivity contribution in [2.75, 3.05) is 16.8 Å². The van der Waals surface area contributed by atoms with Crippen molar-refractivity contribution in [3.63, 3.8) is 0 Å². The van der Waals surface area contributed by atoms with E-state index in [0.717, 1.165) is 29.5 Å². The van der Waals surface area contributed by atoms with Gasteiger partial charge in [0.05, 0.1) is 53.1 Å². The number of nitrogens with zero attached hydrogens (tertiary/aromatic N) is 6. The second-order valence-corrected chi connectivity index (χ2v) is 11.0. The smallest absolute Gasteiger partial charge is 0.276 e. The van der Waals surface area contributed by atoms with Gasteiger partial charge in [-0.3, -0.25) is 24.2 Å². The SMILES string of the molecule is Cc1cc(C(C)n2cc(NC(=O)c3nc(-c4c(C(F)F)ccc(Cl)c4F)cnc3CO)cn2)cnc1N1C[C@H]2C=C[C@H]2C1=O. The van der Waals surface area contributed by atoms with Crippen molar-refractivity contribution in [1.82, 2.24) is 24.7 Å². The predicted molar refractivity (Wildman–Crippen MR) is 155 cm³/mol. The molecular weight excluding hydrogens is 599 g/mol. The minimum absolute atomic E-state index is 0.0492. The second kappa shape index (κ2) is 11.5. The Hall–Kier alpha value is -4.62. The molecule has 2 aliphatic rings. The molecule has 0 radical (unpaired) electrons. The molecule has 1 unspecified atom stereocenters. The Morgan fingerprint density at radius 1 is 1.20 bits per heavy atom. The molecule has 3 atom stereocenters. The van der Waals surface area contributed by atoms with E-state index >= 15 is 0 Å². The van der Waals surface area contributed by atoms with Crippen LogP contribution >= 0.6 is 11.6 Å². The number of rotatable bonds is 8. The van der Waals surface area contributed by atoms with Crippen LogP contribution in [0.25, 0.3) is 11.3 Å². The van der Waals surface area contributed by atoms with Crippen LogP contribution in [0.5, 0.6) is 0 Å². The number of benzene rings is 1. The minimum atomic E-state index is -3.05. The molecule has 0 saturated carbocycles. The zero-order valence-electron chi connectivity index (χ0n) is 23.4. The van der Waals surface area contributed by atoms with Crippen LogP contribution in [0.4, 0.5) is 24.7 Å². The fourth-order valence-corrected chi connectivity index (χ4v) is 5.55. The van der Waals surface area contributed by atoms with Gasteiger partial charge in [-0.1, -0.05) is 29.8 Å². The van der Waals surface area contributed by atoms with Gasteiger partial charge >= 0.3 is 0 Å². The first-order valence-corrected chi connectivity index (χ1v) is 14.0. The van der Waals surface area contributed by atoms with E-state index in [9.17, 15) is 27.9 Å². The molecule has 2 amide bonds. The Labute approximate surface area is 254 Å². The van der Waals surface area contributed by atoms with Gasteiger partial charge in [-0.25, -0.2) is 23.1 Å². The molecule has 1 aliphatic heterocycles. The molecular formula is C30H25ClF3N7O3. The third kappa shape index (κ3) is 5.11. The first kappa shape index (κ1) is 29.5. The zero-order valence-corrected chi connectivity index (χ0v) is 24.1. The summed E-state index contributed by atoms with van der Waals surface area (Å²) in [6.45, 7) is 3.70. The summed E-state index contributed by atoms with van der Waals surface area (Å²) in [6.07, 6.45) is 6.56. The van der Waals surface area contributed by atoms with E-state index in [0.29, 0.717) is 12.4 Å². The fraction of sp³-hybridized carbons (Fsp3) is 0.267. The summed E-state index contributed by atoms with van der Waals surface area (Å²) in [5, 5.41) is 16.3. The summed E-state index contributed by atoms with van der Waals surface area (Å²) < 4.78 is 43.8. The van der Waals surface area contributed by atoms with Gasteiger partial charge in [0, 0.05) is 36.0 Å². The number of hydrogen-bond donors (Lipinski definition) is 2. The van der Waals surface area contributed by atoms with Gasteiger partial charge in [-0.05, 0) is 37.1 Å². The fourth-order valence-electron chi connectivity index (χ4n) is 5.39. The number of nitrogens with one attached hydrogen (secondary N) is 1. The molecule has 226 valence electrons. The number of hydrogen-bond acceptors (Lipinski definition) is 7. The summed E-state index contributed by atoms with van der Waals surface area (Å²) in [4.78, 5) is 40.2. The standard InChI is InChI=1S/C30H25ClF3N7O3/c1-14-7-17(8-36-28(14)40-11-16-3-4-19(16)30(40)44)15(2)41-12-18(9-37-41)38-29(43)26-23(13-42)35-10-22(39-26)24-20(27(33)34)5-6-21(31)25(24)32/h3-10,12,15-16,19,27,42H,11,13H2,1-2H3,(H,38,43)/t15?,16-,19-/m1/s1. The van der Waals surface area contributed by atoms with Crippen LogP contribution in [0.2, 0.25) is 5.02 Å². The molecule has 14 heteroatoms. The number of anilines is 2. The summed E-state index contributed by atoms with van der Waals surface area (Å²) >= 11 is 5.83. The predicted octanol–water partition coefficient (Wildman–Crippen LogP) is 5.28. The number of pyridine rings is 1. The van der Waals surface area contributed by atoms with Crippen molar-refractivity contribution in [1.29, 1.82) is 0 Å². The lowest BCUT2D eigenvalue weighted by atomic mass is 9.85. The van der Waals surface area contributed by atoms with E-state index in [-0.39, 0.29) is 46.6 Å². The molecule has 1 fully saturated rings. The van der Waals surface area contributed by atoms with Crippen LogP contribution in [0.1, 0.15) is 52.3 Å². The zero-order chi connectivity index (χ0) is 31.3. The van der Waals surface area contributed by atoms with Crippen LogP contribution < -0.4 is 10.2 Å². The molecule has 1 aromatic carbocycles. The number of alkyl halides is 2. The lowest BCUT2D eigenvalue weighted by molar-refractivity contribution is -0.119. The Kier molecular flexibility index (Phi) is 7.68. The Bertz CT molecular complexity index is 1830. The summed E-state index contributed by atoms with van der Waals surface area (Å²) in [5.41, 5.74) is -0.215. The van der Waals surface area contributed by atoms with Crippen LogP contribution in [0, 0.1) is 24.6 Å². The largest absolute Gasteiger partial charge is 0.390 e. The van der Waals surface area contributed by atoms with E-state index in [2.05, 4.69) is 25.4 Å². The van der Waals surface area contributed by atoms with E-state index in [1.807, 2.05) is 32.1 Å². The maximum absolute atomic E-state index is 14.8. The molecule has 4 aromatic rings. The highest BCUT2D eigenvalue weighted by molar-refractivity contribution is 6.31. The average Bonchev–Trinajstić information content (AvgIpc) is 3.54. The highest BCUT2D eigenvalue weighted by atomic mass is 35.5.